The summed E-state index contributed by atoms with van der Waals surface area (Å²) >= 11 is 0. The van der Waals surface area contributed by atoms with Crippen LogP contribution in [0.25, 0.3) is 11.0 Å². The number of fused-ring (bicyclic) bond motifs is 1. The zero-order valence-corrected chi connectivity index (χ0v) is 26.4. The minimum Gasteiger partial charge on any atom is -0.350 e. The quantitative estimate of drug-likeness (QED) is 0.303. The number of amides is 3. The first kappa shape index (κ1) is 34.8. The Morgan fingerprint density at radius 2 is 1.98 bits per heavy atom. The monoisotopic (exact) mass is 644 g/mol. The molecule has 0 saturated carbocycles. The molecule has 2 aliphatic rings. The maximum atomic E-state index is 14.0. The lowest BCUT2D eigenvalue weighted by Gasteiger charge is -2.29. The summed E-state index contributed by atoms with van der Waals surface area (Å²) in [5.41, 5.74) is 3.34. The molecular formula is C32H43F3N8O3. The van der Waals surface area contributed by atoms with Crippen molar-refractivity contribution in [2.75, 3.05) is 26.2 Å². The average molecular weight is 645 g/mol. The molecule has 3 amide bonds. The molecule has 46 heavy (non-hydrogen) atoms. The molecule has 1 aromatic carbocycles. The van der Waals surface area contributed by atoms with Crippen LogP contribution in [0.2, 0.25) is 0 Å². The molecule has 0 radical (unpaired) electrons. The van der Waals surface area contributed by atoms with E-state index in [1.54, 1.807) is 22.8 Å². The fourth-order valence-electron chi connectivity index (χ4n) is 6.11. The number of nitrogens with zero attached hydrogens (tertiary/aromatic N) is 6. The number of aryl methyl sites for hydroxylation is 1. The lowest BCUT2D eigenvalue weighted by Crippen LogP contribution is -2.53. The lowest BCUT2D eigenvalue weighted by atomic mass is 9.97. The first-order valence-electron chi connectivity index (χ1n) is 15.7. The van der Waals surface area contributed by atoms with Crippen molar-refractivity contribution in [3.05, 3.63) is 48.2 Å². The van der Waals surface area contributed by atoms with Gasteiger partial charge in [-0.25, -0.2) is 4.68 Å². The van der Waals surface area contributed by atoms with Crippen molar-refractivity contribution in [2.45, 2.75) is 76.7 Å². The Morgan fingerprint density at radius 1 is 1.22 bits per heavy atom. The van der Waals surface area contributed by atoms with E-state index in [1.807, 2.05) is 31.2 Å². The number of likely N-dealkylation sites (tertiary alicyclic amines) is 2. The van der Waals surface area contributed by atoms with Gasteiger partial charge in [-0.15, -0.1) is 5.10 Å². The van der Waals surface area contributed by atoms with E-state index < -0.39 is 37.1 Å². The Kier molecular flexibility index (Phi) is 12.1. The van der Waals surface area contributed by atoms with Crippen LogP contribution in [0.4, 0.5) is 13.2 Å². The molecule has 0 unspecified atom stereocenters. The van der Waals surface area contributed by atoms with Gasteiger partial charge in [0.15, 0.2) is 0 Å². The Balaban J connectivity index is 1.50. The first-order valence-corrected chi connectivity index (χ1v) is 15.7. The average Bonchev–Trinajstić information content (AvgIpc) is 3.78. The number of nitrogens with one attached hydrogen (secondary N) is 2. The number of aromatic nitrogens is 3. The normalized spacial score (nSPS) is 19.7. The number of alkyl halides is 3. The highest BCUT2D eigenvalue weighted by Crippen LogP contribution is 2.30. The van der Waals surface area contributed by atoms with E-state index in [9.17, 15) is 27.6 Å². The second kappa shape index (κ2) is 16.0. The largest absolute Gasteiger partial charge is 0.390 e. The number of aliphatic imine (C=N–C) groups is 1. The zero-order chi connectivity index (χ0) is 33.3. The van der Waals surface area contributed by atoms with Crippen LogP contribution in [0.15, 0.2) is 47.6 Å². The molecular weight excluding hydrogens is 601 g/mol. The summed E-state index contributed by atoms with van der Waals surface area (Å²) in [6.07, 6.45) is 2.22. The minimum absolute atomic E-state index is 0.0267. The van der Waals surface area contributed by atoms with E-state index in [-0.39, 0.29) is 43.7 Å². The van der Waals surface area contributed by atoms with E-state index in [0.717, 1.165) is 29.5 Å². The Morgan fingerprint density at radius 3 is 2.70 bits per heavy atom. The van der Waals surface area contributed by atoms with Crippen molar-refractivity contribution in [2.24, 2.45) is 18.0 Å². The highest BCUT2D eigenvalue weighted by Gasteiger charge is 2.42. The Hall–Kier alpha value is -4.07. The van der Waals surface area contributed by atoms with Crippen LogP contribution in [0.1, 0.15) is 57.4 Å². The zero-order valence-electron chi connectivity index (χ0n) is 26.4. The molecule has 0 bridgehead atoms. The highest BCUT2D eigenvalue weighted by molar-refractivity contribution is 5.91. The summed E-state index contributed by atoms with van der Waals surface area (Å²) in [5.74, 6) is -1.02. The van der Waals surface area contributed by atoms with Crippen LogP contribution < -0.4 is 10.6 Å². The van der Waals surface area contributed by atoms with Gasteiger partial charge in [-0.3, -0.25) is 19.4 Å². The highest BCUT2D eigenvalue weighted by atomic mass is 19.4. The number of allylic oxidation sites excluding steroid dienone is 2. The molecule has 4 rings (SSSR count). The van der Waals surface area contributed by atoms with E-state index in [1.165, 1.54) is 11.1 Å². The molecule has 0 spiro atoms. The van der Waals surface area contributed by atoms with Gasteiger partial charge in [-0.05, 0) is 68.7 Å². The van der Waals surface area contributed by atoms with E-state index in [4.69, 9.17) is 0 Å². The SMILES string of the molecule is C=CN=C/C=C(\C)C[C@@H]1C[C@@H](C(=O)NCc2ccc3c(c2)nnn3C)N(C(=O)[C@@H](CCC(=O)N2CCCC2)NCCC(F)(F)F)C1. The van der Waals surface area contributed by atoms with Crippen molar-refractivity contribution in [1.82, 2.24) is 35.4 Å². The molecule has 11 nitrogen and oxygen atoms in total. The van der Waals surface area contributed by atoms with Crippen LogP contribution in [0, 0.1) is 5.92 Å². The summed E-state index contributed by atoms with van der Waals surface area (Å²) in [6, 6.07) is 3.69. The molecule has 2 aliphatic heterocycles. The van der Waals surface area contributed by atoms with Gasteiger partial charge < -0.3 is 20.4 Å². The molecule has 250 valence electrons. The predicted molar refractivity (Wildman–Crippen MR) is 169 cm³/mol. The summed E-state index contributed by atoms with van der Waals surface area (Å²) in [7, 11) is 1.79. The molecule has 3 heterocycles. The first-order chi connectivity index (χ1) is 21.9. The van der Waals surface area contributed by atoms with E-state index in [2.05, 4.69) is 32.5 Å². The van der Waals surface area contributed by atoms with Crippen molar-refractivity contribution in [1.29, 1.82) is 0 Å². The topological polar surface area (TPSA) is 125 Å². The van der Waals surface area contributed by atoms with Gasteiger partial charge in [-0.1, -0.05) is 23.4 Å². The summed E-state index contributed by atoms with van der Waals surface area (Å²) in [5, 5.41) is 13.8. The number of rotatable bonds is 14. The van der Waals surface area contributed by atoms with Crippen LogP contribution in [-0.2, 0) is 28.0 Å². The number of carbonyl (C=O) groups is 3. The summed E-state index contributed by atoms with van der Waals surface area (Å²) in [4.78, 5) is 47.6. The van der Waals surface area contributed by atoms with Crippen molar-refractivity contribution in [3.8, 4) is 0 Å². The van der Waals surface area contributed by atoms with Gasteiger partial charge in [-0.2, -0.15) is 13.2 Å². The predicted octanol–water partition coefficient (Wildman–Crippen LogP) is 3.67. The second-order valence-electron chi connectivity index (χ2n) is 12.1. The molecule has 0 aliphatic carbocycles. The molecule has 2 fully saturated rings. The van der Waals surface area contributed by atoms with Crippen molar-refractivity contribution >= 4 is 35.0 Å². The minimum atomic E-state index is -4.40. The van der Waals surface area contributed by atoms with Crippen LogP contribution >= 0.6 is 0 Å². The third kappa shape index (κ3) is 9.71. The molecule has 2 saturated heterocycles. The van der Waals surface area contributed by atoms with Gasteiger partial charge in [0, 0.05) is 58.6 Å². The second-order valence-corrected chi connectivity index (χ2v) is 12.1. The lowest BCUT2D eigenvalue weighted by molar-refractivity contribution is -0.142. The third-order valence-corrected chi connectivity index (χ3v) is 8.48. The standard InChI is InChI=1S/C32H43F3N8O3/c1-4-36-13-11-22(2)17-24-19-28(30(45)38-20-23-7-9-27-26(18-23)39-40-41(27)3)43(21-24)31(46)25(37-14-12-32(33,34)35)8-10-29(44)42-15-5-6-16-42/h4,7,9,11,13,18,24-25,28,37H,1,5-6,8,10,12,14-17,19-21H2,2-3H3,(H,38,45)/b22-11+,36-13?/t24-,25-,28+/m1/s1. The Labute approximate surface area is 267 Å². The van der Waals surface area contributed by atoms with Gasteiger partial charge in [0.25, 0.3) is 0 Å². The van der Waals surface area contributed by atoms with Gasteiger partial charge >= 0.3 is 6.18 Å². The van der Waals surface area contributed by atoms with E-state index in [0.29, 0.717) is 31.4 Å². The number of halogens is 3. The number of hydrogen-bond donors (Lipinski definition) is 2. The van der Waals surface area contributed by atoms with Gasteiger partial charge in [0.2, 0.25) is 17.7 Å². The number of hydrogen-bond acceptors (Lipinski definition) is 7. The summed E-state index contributed by atoms with van der Waals surface area (Å²) < 4.78 is 40.7. The maximum Gasteiger partial charge on any atom is 0.390 e. The number of carbonyl (C=O) groups excluding carboxylic acids is 3. The van der Waals surface area contributed by atoms with Gasteiger partial charge in [0.05, 0.1) is 18.0 Å². The van der Waals surface area contributed by atoms with Crippen LogP contribution in [-0.4, -0.2) is 93.2 Å². The molecule has 3 atom stereocenters. The van der Waals surface area contributed by atoms with Gasteiger partial charge in [0.1, 0.15) is 11.6 Å². The molecule has 1 aromatic heterocycles. The van der Waals surface area contributed by atoms with E-state index >= 15 is 0 Å². The van der Waals surface area contributed by atoms with Crippen molar-refractivity contribution in [3.63, 3.8) is 0 Å². The van der Waals surface area contributed by atoms with Crippen LogP contribution in [0.3, 0.4) is 0 Å². The van der Waals surface area contributed by atoms with Crippen LogP contribution in [0.5, 0.6) is 0 Å². The van der Waals surface area contributed by atoms with Crippen molar-refractivity contribution < 1.29 is 27.6 Å². The Bertz CT molecular complexity index is 1450. The summed E-state index contributed by atoms with van der Waals surface area (Å²) in [6.45, 7) is 6.76. The maximum absolute atomic E-state index is 14.0. The molecule has 14 heteroatoms. The third-order valence-electron chi connectivity index (χ3n) is 8.48. The fourth-order valence-corrected chi connectivity index (χ4v) is 6.11. The smallest absolute Gasteiger partial charge is 0.350 e. The molecule has 2 aromatic rings. The fraction of sp³-hybridized carbons (Fsp3) is 0.562. The number of benzene rings is 1. The molecule has 2 N–H and O–H groups in total.